The number of esters is 4. The van der Waals surface area contributed by atoms with Crippen LogP contribution >= 0.6 is 15.6 Å². The Hall–Kier alpha value is -2.46. The molecule has 0 saturated carbocycles. The van der Waals surface area contributed by atoms with Crippen molar-refractivity contribution in [2.45, 2.75) is 381 Å². The Morgan fingerprint density at radius 3 is 0.872 bits per heavy atom. The number of hydrogen-bond acceptors (Lipinski definition) is 15. The van der Waals surface area contributed by atoms with Gasteiger partial charge < -0.3 is 33.8 Å². The Labute approximate surface area is 573 Å². The molecule has 0 heterocycles. The molecule has 0 aromatic carbocycles. The Kier molecular flexibility index (Phi) is 64.7. The molecule has 0 aliphatic rings. The van der Waals surface area contributed by atoms with Gasteiger partial charge in [-0.15, -0.1) is 0 Å². The number of carbonyl (C=O) groups is 4. The Balaban J connectivity index is 5.30. The second kappa shape index (κ2) is 66.4. The molecule has 554 valence electrons. The summed E-state index contributed by atoms with van der Waals surface area (Å²) in [7, 11) is -9.92. The van der Waals surface area contributed by atoms with Crippen LogP contribution in [0.5, 0.6) is 0 Å². The lowest BCUT2D eigenvalue weighted by atomic mass is 10.0. The first-order chi connectivity index (χ1) is 45.4. The van der Waals surface area contributed by atoms with Crippen LogP contribution < -0.4 is 0 Å². The van der Waals surface area contributed by atoms with E-state index in [9.17, 15) is 43.2 Å². The molecule has 0 aromatic heterocycles. The topological polar surface area (TPSA) is 237 Å². The summed E-state index contributed by atoms with van der Waals surface area (Å²) < 4.78 is 68.4. The minimum Gasteiger partial charge on any atom is -0.462 e. The highest BCUT2D eigenvalue weighted by atomic mass is 31.2. The third kappa shape index (κ3) is 68.1. The molecule has 0 spiro atoms. The molecule has 19 heteroatoms. The molecular weight excluding hydrogens is 1230 g/mol. The Morgan fingerprint density at radius 1 is 0.330 bits per heavy atom. The molecule has 94 heavy (non-hydrogen) atoms. The highest BCUT2D eigenvalue weighted by molar-refractivity contribution is 7.47. The second-order valence-corrected chi connectivity index (χ2v) is 30.2. The van der Waals surface area contributed by atoms with Crippen molar-refractivity contribution < 1.29 is 80.2 Å². The molecule has 5 atom stereocenters. The normalized spacial score (nSPS) is 14.2. The molecule has 0 fully saturated rings. The van der Waals surface area contributed by atoms with Crippen LogP contribution in [0.25, 0.3) is 0 Å². The van der Waals surface area contributed by atoms with Crippen LogP contribution in [0.3, 0.4) is 0 Å². The van der Waals surface area contributed by atoms with Gasteiger partial charge in [-0.1, -0.05) is 310 Å². The van der Waals surface area contributed by atoms with Crippen molar-refractivity contribution >= 4 is 39.5 Å². The van der Waals surface area contributed by atoms with Crippen LogP contribution in [0.15, 0.2) is 24.3 Å². The van der Waals surface area contributed by atoms with Crippen molar-refractivity contribution in [1.29, 1.82) is 0 Å². The number of unbranched alkanes of at least 4 members (excludes halogenated alkanes) is 39. The van der Waals surface area contributed by atoms with Gasteiger partial charge in [-0.3, -0.25) is 37.3 Å². The summed E-state index contributed by atoms with van der Waals surface area (Å²) >= 11 is 0. The van der Waals surface area contributed by atoms with Crippen LogP contribution in [0.4, 0.5) is 0 Å². The number of aliphatic hydroxyl groups is 1. The van der Waals surface area contributed by atoms with E-state index in [1.54, 1.807) is 0 Å². The van der Waals surface area contributed by atoms with E-state index in [2.05, 4.69) is 65.8 Å². The third-order valence-electron chi connectivity index (χ3n) is 16.8. The lowest BCUT2D eigenvalue weighted by Crippen LogP contribution is -2.30. The predicted molar refractivity (Wildman–Crippen MR) is 381 cm³/mol. The molecule has 0 aliphatic heterocycles. The minimum absolute atomic E-state index is 0.0853. The van der Waals surface area contributed by atoms with Gasteiger partial charge in [-0.05, 0) is 63.2 Å². The van der Waals surface area contributed by atoms with E-state index in [1.165, 1.54) is 167 Å². The fourth-order valence-electron chi connectivity index (χ4n) is 10.9. The molecular formula is C75H142O17P2. The van der Waals surface area contributed by atoms with Gasteiger partial charge in [0.1, 0.15) is 19.3 Å². The molecule has 0 radical (unpaired) electrons. The maximum atomic E-state index is 13.1. The molecule has 0 aliphatic carbocycles. The van der Waals surface area contributed by atoms with Gasteiger partial charge in [0.15, 0.2) is 12.2 Å². The predicted octanol–water partition coefficient (Wildman–Crippen LogP) is 21.5. The summed E-state index contributed by atoms with van der Waals surface area (Å²) in [6, 6.07) is 0. The molecule has 2 unspecified atom stereocenters. The van der Waals surface area contributed by atoms with Crippen LogP contribution in [0.1, 0.15) is 363 Å². The Morgan fingerprint density at radius 2 is 0.574 bits per heavy atom. The lowest BCUT2D eigenvalue weighted by molar-refractivity contribution is -0.161. The summed E-state index contributed by atoms with van der Waals surface area (Å²) in [5.74, 6) is -0.671. The van der Waals surface area contributed by atoms with Crippen molar-refractivity contribution in [3.8, 4) is 0 Å². The minimum atomic E-state index is -4.96. The SMILES string of the molecule is CCCCCC/C=C\C=C/CCCCCCCC(=O)O[C@H](COC(=O)CCCCCCCCCCCCCCCCC)COP(=O)(O)OC[C@@H](O)COP(=O)(O)OC[C@@H](COC(=O)CCCCCCCCCCCC(C)C)OC(=O)CCCCCCCCCCCC(C)C. The van der Waals surface area contributed by atoms with E-state index < -0.39 is 97.5 Å². The first-order valence-electron chi connectivity index (χ1n) is 38.3. The zero-order valence-electron chi connectivity index (χ0n) is 60.7. The van der Waals surface area contributed by atoms with Crippen LogP contribution in [-0.4, -0.2) is 96.7 Å². The maximum absolute atomic E-state index is 13.1. The highest BCUT2D eigenvalue weighted by Gasteiger charge is 2.30. The third-order valence-corrected chi connectivity index (χ3v) is 18.7. The highest BCUT2D eigenvalue weighted by Crippen LogP contribution is 2.45. The smallest absolute Gasteiger partial charge is 0.462 e. The second-order valence-electron chi connectivity index (χ2n) is 27.3. The first-order valence-corrected chi connectivity index (χ1v) is 41.3. The van der Waals surface area contributed by atoms with Gasteiger partial charge in [0.05, 0.1) is 26.4 Å². The van der Waals surface area contributed by atoms with E-state index in [1.807, 2.05) is 0 Å². The van der Waals surface area contributed by atoms with E-state index in [0.29, 0.717) is 25.7 Å². The van der Waals surface area contributed by atoms with Crippen molar-refractivity contribution in [3.63, 3.8) is 0 Å². The number of ether oxygens (including phenoxy) is 4. The molecule has 0 saturated heterocycles. The quantitative estimate of drug-likeness (QED) is 0.0169. The monoisotopic (exact) mass is 1380 g/mol. The number of phosphoric ester groups is 2. The van der Waals surface area contributed by atoms with Gasteiger partial charge >= 0.3 is 39.5 Å². The van der Waals surface area contributed by atoms with Gasteiger partial charge in [0.25, 0.3) is 0 Å². The van der Waals surface area contributed by atoms with Gasteiger partial charge in [-0.25, -0.2) is 9.13 Å². The molecule has 3 N–H and O–H groups in total. The molecule has 0 aromatic rings. The standard InChI is InChI=1S/C75H142O17P2/c1-7-9-11-13-15-17-19-21-23-25-27-33-39-45-51-57-72(77)85-63-70(91-74(79)59-53-47-41-34-28-26-24-22-20-18-16-14-12-10-8-2)65-89-93(81,82)87-61-69(76)62-88-94(83,84)90-66-71(92-75(80)60-54-48-42-36-30-32-38-44-50-56-68(5)6)64-86-73(78)58-52-46-40-35-29-31-37-43-49-55-67(3)4/h18,20,22,24,67-71,76H,7-17,19,21,23,25-66H2,1-6H3,(H,81,82)(H,83,84)/b20-18-,24-22-/t69-,70-,71-/m1/s1. The number of allylic oxidation sites excluding steroid dienone is 4. The van der Waals surface area contributed by atoms with Crippen molar-refractivity contribution in [2.75, 3.05) is 39.6 Å². The summed E-state index contributed by atoms with van der Waals surface area (Å²) in [6.45, 7) is 9.48. The van der Waals surface area contributed by atoms with Crippen LogP contribution in [0, 0.1) is 11.8 Å². The number of hydrogen-bond donors (Lipinski definition) is 3. The van der Waals surface area contributed by atoms with Crippen LogP contribution in [-0.2, 0) is 65.4 Å². The summed E-state index contributed by atoms with van der Waals surface area (Å²) in [5, 5.41) is 10.6. The lowest BCUT2D eigenvalue weighted by Gasteiger charge is -2.21. The van der Waals surface area contributed by atoms with Gasteiger partial charge in [0, 0.05) is 25.7 Å². The number of phosphoric acid groups is 2. The molecule has 0 amide bonds. The van der Waals surface area contributed by atoms with Crippen molar-refractivity contribution in [3.05, 3.63) is 24.3 Å². The van der Waals surface area contributed by atoms with Crippen LogP contribution in [0.2, 0.25) is 0 Å². The molecule has 17 nitrogen and oxygen atoms in total. The summed E-state index contributed by atoms with van der Waals surface area (Å²) in [5.41, 5.74) is 0. The van der Waals surface area contributed by atoms with E-state index in [-0.39, 0.29) is 25.7 Å². The average Bonchev–Trinajstić information content (AvgIpc) is 1.79. The van der Waals surface area contributed by atoms with Crippen molar-refractivity contribution in [2.24, 2.45) is 11.8 Å². The van der Waals surface area contributed by atoms with E-state index in [4.69, 9.17) is 37.0 Å². The zero-order chi connectivity index (χ0) is 69.3. The molecule has 0 rings (SSSR count). The fraction of sp³-hybridized carbons (Fsp3) is 0.893. The average molecular weight is 1380 g/mol. The molecule has 0 bridgehead atoms. The maximum Gasteiger partial charge on any atom is 0.472 e. The zero-order valence-corrected chi connectivity index (χ0v) is 62.5. The van der Waals surface area contributed by atoms with Gasteiger partial charge in [0.2, 0.25) is 0 Å². The largest absolute Gasteiger partial charge is 0.472 e. The number of rotatable bonds is 72. The summed E-state index contributed by atoms with van der Waals surface area (Å²) in [6.07, 6.45) is 56.3. The van der Waals surface area contributed by atoms with Crippen molar-refractivity contribution in [1.82, 2.24) is 0 Å². The van der Waals surface area contributed by atoms with Gasteiger partial charge in [-0.2, -0.15) is 0 Å². The first kappa shape index (κ1) is 91.5. The Bertz CT molecular complexity index is 1910. The number of aliphatic hydroxyl groups excluding tert-OH is 1. The summed E-state index contributed by atoms with van der Waals surface area (Å²) in [4.78, 5) is 72.8. The van der Waals surface area contributed by atoms with E-state index >= 15 is 0 Å². The fourth-order valence-corrected chi connectivity index (χ4v) is 12.5. The van der Waals surface area contributed by atoms with E-state index in [0.717, 1.165) is 115 Å². The number of carbonyl (C=O) groups excluding carboxylic acids is 4.